The fourth-order valence-electron chi connectivity index (χ4n) is 2.28. The largest absolute Gasteiger partial charge is 0.368 e. The lowest BCUT2D eigenvalue weighted by Gasteiger charge is -2.33. The van der Waals surface area contributed by atoms with Gasteiger partial charge in [-0.1, -0.05) is 11.6 Å². The van der Waals surface area contributed by atoms with Gasteiger partial charge in [0.1, 0.15) is 6.04 Å². The lowest BCUT2D eigenvalue weighted by molar-refractivity contribution is -0.138. The number of hydrogen-bond acceptors (Lipinski definition) is 3. The van der Waals surface area contributed by atoms with Gasteiger partial charge in [-0.25, -0.2) is 0 Å². The van der Waals surface area contributed by atoms with E-state index in [9.17, 15) is 9.59 Å². The predicted octanol–water partition coefficient (Wildman–Crippen LogP) is 2.30. The molecule has 1 aromatic rings. The summed E-state index contributed by atoms with van der Waals surface area (Å²) in [5, 5.41) is 0.672. The average molecular weight is 313 g/mol. The number of halogens is 1. The molecule has 0 radical (unpaired) electrons. The third-order valence-electron chi connectivity index (χ3n) is 3.33. The predicted molar refractivity (Wildman–Crippen MR) is 80.7 cm³/mol. The summed E-state index contributed by atoms with van der Waals surface area (Å²) in [5.74, 6) is -0.131. The number of carbonyl (C=O) groups is 2. The zero-order valence-electron chi connectivity index (χ0n) is 11.0. The quantitative estimate of drug-likeness (QED) is 0.868. The van der Waals surface area contributed by atoms with E-state index in [4.69, 9.17) is 17.3 Å². The van der Waals surface area contributed by atoms with E-state index in [2.05, 4.69) is 0 Å². The Morgan fingerprint density at radius 2 is 2.00 bits per heavy atom. The summed E-state index contributed by atoms with van der Waals surface area (Å²) in [6.45, 7) is 0.619. The number of primary amides is 1. The number of benzene rings is 1. The number of likely N-dealkylation sites (tertiary alicyclic amines) is 1. The van der Waals surface area contributed by atoms with Gasteiger partial charge in [0.15, 0.2) is 0 Å². The van der Waals surface area contributed by atoms with E-state index >= 15 is 0 Å². The highest BCUT2D eigenvalue weighted by Crippen LogP contribution is 2.23. The molecule has 0 spiro atoms. The Balaban J connectivity index is 1.93. The third kappa shape index (κ3) is 3.90. The first-order valence-electron chi connectivity index (χ1n) is 6.55. The van der Waals surface area contributed by atoms with Crippen LogP contribution < -0.4 is 5.73 Å². The van der Waals surface area contributed by atoms with Crippen LogP contribution in [-0.4, -0.2) is 35.1 Å². The number of amides is 2. The standard InChI is InChI=1S/C14H17ClN2O2S/c15-10-4-6-11(7-5-10)20-9-13(18)17-8-2-1-3-12(17)14(16)19/h4-7,12H,1-3,8-9H2,(H2,16,19)/t12-/m0/s1. The van der Waals surface area contributed by atoms with Crippen molar-refractivity contribution < 1.29 is 9.59 Å². The van der Waals surface area contributed by atoms with Gasteiger partial charge in [0.05, 0.1) is 5.75 Å². The van der Waals surface area contributed by atoms with Crippen molar-refractivity contribution in [1.82, 2.24) is 4.90 Å². The van der Waals surface area contributed by atoms with Crippen LogP contribution in [0.25, 0.3) is 0 Å². The summed E-state index contributed by atoms with van der Waals surface area (Å²) in [7, 11) is 0. The van der Waals surface area contributed by atoms with Crippen LogP contribution >= 0.6 is 23.4 Å². The Bertz CT molecular complexity index is 492. The van der Waals surface area contributed by atoms with Crippen molar-refractivity contribution in [3.8, 4) is 0 Å². The van der Waals surface area contributed by atoms with Crippen molar-refractivity contribution in [1.29, 1.82) is 0 Å². The Morgan fingerprint density at radius 1 is 1.30 bits per heavy atom. The van der Waals surface area contributed by atoms with Crippen molar-refractivity contribution >= 4 is 35.2 Å². The smallest absolute Gasteiger partial charge is 0.240 e. The highest BCUT2D eigenvalue weighted by atomic mass is 35.5. The van der Waals surface area contributed by atoms with E-state index in [0.717, 1.165) is 17.7 Å². The second-order valence-corrected chi connectivity index (χ2v) is 6.23. The summed E-state index contributed by atoms with van der Waals surface area (Å²) >= 11 is 7.26. The van der Waals surface area contributed by atoms with E-state index in [-0.39, 0.29) is 5.91 Å². The van der Waals surface area contributed by atoms with Crippen LogP contribution in [0, 0.1) is 0 Å². The van der Waals surface area contributed by atoms with Gasteiger partial charge in [-0.2, -0.15) is 0 Å². The van der Waals surface area contributed by atoms with Crippen molar-refractivity contribution in [2.45, 2.75) is 30.2 Å². The van der Waals surface area contributed by atoms with Gasteiger partial charge in [-0.15, -0.1) is 11.8 Å². The van der Waals surface area contributed by atoms with Gasteiger partial charge in [-0.05, 0) is 43.5 Å². The fraction of sp³-hybridized carbons (Fsp3) is 0.429. The maximum Gasteiger partial charge on any atom is 0.240 e. The Morgan fingerprint density at radius 3 is 2.65 bits per heavy atom. The molecule has 1 saturated heterocycles. The zero-order valence-corrected chi connectivity index (χ0v) is 12.6. The minimum atomic E-state index is -0.443. The van der Waals surface area contributed by atoms with E-state index in [1.54, 1.807) is 17.0 Å². The second kappa shape index (κ2) is 6.99. The number of thioether (sulfide) groups is 1. The van der Waals surface area contributed by atoms with E-state index in [1.165, 1.54) is 11.8 Å². The molecule has 108 valence electrons. The molecule has 1 aliphatic heterocycles. The molecule has 0 unspecified atom stereocenters. The Kier molecular flexibility index (Phi) is 5.31. The molecule has 0 aliphatic carbocycles. The monoisotopic (exact) mass is 312 g/mol. The van der Waals surface area contributed by atoms with E-state index < -0.39 is 11.9 Å². The molecule has 0 bridgehead atoms. The molecule has 1 aromatic carbocycles. The first-order valence-corrected chi connectivity index (χ1v) is 7.91. The summed E-state index contributed by atoms with van der Waals surface area (Å²) in [6, 6.07) is 6.90. The van der Waals surface area contributed by atoms with Gasteiger partial charge < -0.3 is 10.6 Å². The van der Waals surface area contributed by atoms with Gasteiger partial charge >= 0.3 is 0 Å². The number of nitrogens with two attached hydrogens (primary N) is 1. The molecule has 2 amide bonds. The molecular weight excluding hydrogens is 296 g/mol. The van der Waals surface area contributed by atoms with Gasteiger partial charge in [0, 0.05) is 16.5 Å². The summed E-state index contributed by atoms with van der Waals surface area (Å²) in [6.07, 6.45) is 2.55. The highest BCUT2D eigenvalue weighted by molar-refractivity contribution is 8.00. The molecule has 1 aliphatic rings. The number of rotatable bonds is 4. The van der Waals surface area contributed by atoms with Crippen LogP contribution in [0.3, 0.4) is 0 Å². The topological polar surface area (TPSA) is 63.4 Å². The van der Waals surface area contributed by atoms with Gasteiger partial charge in [-0.3, -0.25) is 9.59 Å². The van der Waals surface area contributed by atoms with Crippen molar-refractivity contribution in [2.24, 2.45) is 5.73 Å². The lowest BCUT2D eigenvalue weighted by Crippen LogP contribution is -2.51. The SMILES string of the molecule is NC(=O)[C@@H]1CCCCN1C(=O)CSc1ccc(Cl)cc1. The molecule has 0 saturated carbocycles. The summed E-state index contributed by atoms with van der Waals surface area (Å²) < 4.78 is 0. The molecule has 0 aromatic heterocycles. The molecule has 1 atom stereocenters. The van der Waals surface area contributed by atoms with E-state index in [0.29, 0.717) is 23.7 Å². The van der Waals surface area contributed by atoms with Crippen LogP contribution in [0.15, 0.2) is 29.2 Å². The number of carbonyl (C=O) groups excluding carboxylic acids is 2. The fourth-order valence-corrected chi connectivity index (χ4v) is 3.20. The minimum Gasteiger partial charge on any atom is -0.368 e. The van der Waals surface area contributed by atoms with E-state index in [1.807, 2.05) is 12.1 Å². The number of nitrogens with zero attached hydrogens (tertiary/aromatic N) is 1. The van der Waals surface area contributed by atoms with Crippen LogP contribution in [0.5, 0.6) is 0 Å². The third-order valence-corrected chi connectivity index (χ3v) is 4.58. The number of piperidine rings is 1. The minimum absolute atomic E-state index is 0.0338. The molecule has 20 heavy (non-hydrogen) atoms. The first kappa shape index (κ1) is 15.2. The maximum atomic E-state index is 12.2. The van der Waals surface area contributed by atoms with Crippen LogP contribution in [0.4, 0.5) is 0 Å². The summed E-state index contributed by atoms with van der Waals surface area (Å²) in [4.78, 5) is 26.2. The molecule has 1 heterocycles. The van der Waals surface area contributed by atoms with Crippen molar-refractivity contribution in [2.75, 3.05) is 12.3 Å². The van der Waals surface area contributed by atoms with Gasteiger partial charge in [0.25, 0.3) is 0 Å². The molecular formula is C14H17ClN2O2S. The summed E-state index contributed by atoms with van der Waals surface area (Å²) in [5.41, 5.74) is 5.37. The van der Waals surface area contributed by atoms with Crippen molar-refractivity contribution in [3.05, 3.63) is 29.3 Å². The second-order valence-electron chi connectivity index (χ2n) is 4.74. The number of hydrogen-bond donors (Lipinski definition) is 1. The van der Waals surface area contributed by atoms with Crippen LogP contribution in [-0.2, 0) is 9.59 Å². The Hall–Kier alpha value is -1.20. The highest BCUT2D eigenvalue weighted by Gasteiger charge is 2.30. The van der Waals surface area contributed by atoms with Crippen LogP contribution in [0.2, 0.25) is 5.02 Å². The van der Waals surface area contributed by atoms with Crippen LogP contribution in [0.1, 0.15) is 19.3 Å². The molecule has 2 N–H and O–H groups in total. The molecule has 2 rings (SSSR count). The average Bonchev–Trinajstić information content (AvgIpc) is 2.46. The molecule has 4 nitrogen and oxygen atoms in total. The first-order chi connectivity index (χ1) is 9.58. The van der Waals surface area contributed by atoms with Crippen molar-refractivity contribution in [3.63, 3.8) is 0 Å². The normalized spacial score (nSPS) is 18.9. The molecule has 6 heteroatoms. The maximum absolute atomic E-state index is 12.2. The van der Waals surface area contributed by atoms with Gasteiger partial charge in [0.2, 0.25) is 11.8 Å². The molecule has 1 fully saturated rings. The zero-order chi connectivity index (χ0) is 14.5. The lowest BCUT2D eigenvalue weighted by atomic mass is 10.0. The Labute approximate surface area is 127 Å².